The Labute approximate surface area is 156 Å². The van der Waals surface area contributed by atoms with Gasteiger partial charge in [-0.05, 0) is 39.3 Å². The highest BCUT2D eigenvalue weighted by molar-refractivity contribution is 5.92. The number of guanidine groups is 1. The molecule has 1 atom stereocenters. The molecule has 26 heavy (non-hydrogen) atoms. The summed E-state index contributed by atoms with van der Waals surface area (Å²) in [6, 6.07) is 7.31. The van der Waals surface area contributed by atoms with E-state index in [-0.39, 0.29) is 6.04 Å². The van der Waals surface area contributed by atoms with E-state index in [4.69, 9.17) is 15.2 Å². The summed E-state index contributed by atoms with van der Waals surface area (Å²) in [5, 5.41) is 5.82. The summed E-state index contributed by atoms with van der Waals surface area (Å²) in [4.78, 5) is 16.3. The Morgan fingerprint density at radius 2 is 2.08 bits per heavy atom. The minimum atomic E-state index is -0.529. The van der Waals surface area contributed by atoms with Gasteiger partial charge in [0.15, 0.2) is 5.96 Å². The first-order valence-electron chi connectivity index (χ1n) is 8.94. The van der Waals surface area contributed by atoms with E-state index in [0.29, 0.717) is 12.5 Å². The molecule has 0 radical (unpaired) electrons. The summed E-state index contributed by atoms with van der Waals surface area (Å²) in [6.07, 6.45) is 2.42. The molecule has 0 saturated carbocycles. The third kappa shape index (κ3) is 9.15. The number of aliphatic imine (C=N–C) groups is 1. The van der Waals surface area contributed by atoms with Crippen LogP contribution in [0, 0.1) is 0 Å². The largest absolute Gasteiger partial charge is 0.497 e. The van der Waals surface area contributed by atoms with Gasteiger partial charge in [0.1, 0.15) is 11.4 Å². The highest BCUT2D eigenvalue weighted by Gasteiger charge is 2.17. The third-order valence-electron chi connectivity index (χ3n) is 3.44. The van der Waals surface area contributed by atoms with Crippen LogP contribution in [0.5, 0.6) is 5.75 Å². The average molecular weight is 364 g/mol. The van der Waals surface area contributed by atoms with Crippen molar-refractivity contribution in [2.45, 2.75) is 58.6 Å². The van der Waals surface area contributed by atoms with Gasteiger partial charge in [0.05, 0.1) is 13.2 Å². The van der Waals surface area contributed by atoms with E-state index < -0.39 is 11.7 Å². The first kappa shape index (κ1) is 21.6. The Kier molecular flexibility index (Phi) is 8.75. The molecule has 1 amide bonds. The number of ether oxygens (including phenoxy) is 2. The van der Waals surface area contributed by atoms with Crippen molar-refractivity contribution in [2.75, 3.05) is 19.0 Å². The topological polar surface area (TPSA) is 98.0 Å². The highest BCUT2D eigenvalue weighted by Crippen LogP contribution is 2.16. The zero-order valence-corrected chi connectivity index (χ0v) is 16.5. The second-order valence-corrected chi connectivity index (χ2v) is 7.05. The fourth-order valence-corrected chi connectivity index (χ4v) is 2.25. The van der Waals surface area contributed by atoms with Gasteiger partial charge in [0.25, 0.3) is 0 Å². The molecular weight excluding hydrogens is 332 g/mol. The fraction of sp³-hybridized carbons (Fsp3) is 0.579. The lowest BCUT2D eigenvalue weighted by Gasteiger charge is -2.21. The lowest BCUT2D eigenvalue weighted by Crippen LogP contribution is -2.37. The molecule has 4 N–H and O–H groups in total. The van der Waals surface area contributed by atoms with E-state index >= 15 is 0 Å². The van der Waals surface area contributed by atoms with Gasteiger partial charge in [0, 0.05) is 18.3 Å². The van der Waals surface area contributed by atoms with E-state index in [1.807, 2.05) is 45.0 Å². The number of amides is 1. The Hall–Kier alpha value is -2.44. The molecule has 0 spiro atoms. The van der Waals surface area contributed by atoms with E-state index in [1.165, 1.54) is 0 Å². The van der Waals surface area contributed by atoms with E-state index in [1.54, 1.807) is 7.11 Å². The van der Waals surface area contributed by atoms with Crippen LogP contribution in [0.25, 0.3) is 0 Å². The van der Waals surface area contributed by atoms with Gasteiger partial charge in [-0.1, -0.05) is 25.8 Å². The average Bonchev–Trinajstić information content (AvgIpc) is 2.55. The Balaban J connectivity index is 2.68. The number of carbonyl (C=O) groups is 1. The molecule has 0 bridgehead atoms. The maximum absolute atomic E-state index is 11.8. The van der Waals surface area contributed by atoms with Crippen LogP contribution in [-0.4, -0.2) is 37.4 Å². The third-order valence-corrected chi connectivity index (χ3v) is 3.44. The molecule has 1 rings (SSSR count). The number of alkyl carbamates (subject to hydrolysis) is 1. The van der Waals surface area contributed by atoms with Crippen molar-refractivity contribution >= 4 is 17.7 Å². The maximum Gasteiger partial charge on any atom is 0.407 e. The first-order chi connectivity index (χ1) is 12.2. The number of rotatable bonds is 8. The molecule has 0 aliphatic carbocycles. The summed E-state index contributed by atoms with van der Waals surface area (Å²) in [7, 11) is 1.61. The molecule has 7 heteroatoms. The van der Waals surface area contributed by atoms with Crippen molar-refractivity contribution in [2.24, 2.45) is 10.7 Å². The van der Waals surface area contributed by atoms with Gasteiger partial charge in [0.2, 0.25) is 0 Å². The second kappa shape index (κ2) is 10.5. The van der Waals surface area contributed by atoms with Crippen LogP contribution in [0.1, 0.15) is 47.0 Å². The molecule has 0 saturated heterocycles. The summed E-state index contributed by atoms with van der Waals surface area (Å²) in [5.41, 5.74) is 6.30. The molecule has 1 aromatic carbocycles. The number of hydrogen-bond acceptors (Lipinski definition) is 4. The van der Waals surface area contributed by atoms with E-state index in [2.05, 4.69) is 22.5 Å². The number of hydrogen-bond donors (Lipinski definition) is 3. The molecule has 0 aromatic heterocycles. The molecule has 0 heterocycles. The molecule has 7 nitrogen and oxygen atoms in total. The molecule has 146 valence electrons. The quantitative estimate of drug-likeness (QED) is 0.484. The number of anilines is 1. The number of unbranched alkanes of at least 4 members (excludes halogenated alkanes) is 1. The number of methoxy groups -OCH3 is 1. The van der Waals surface area contributed by atoms with Gasteiger partial charge < -0.3 is 25.8 Å². The van der Waals surface area contributed by atoms with Gasteiger partial charge >= 0.3 is 6.09 Å². The second-order valence-electron chi connectivity index (χ2n) is 7.05. The Morgan fingerprint density at radius 1 is 1.35 bits per heavy atom. The highest BCUT2D eigenvalue weighted by atomic mass is 16.6. The number of nitrogens with zero attached hydrogens (tertiary/aromatic N) is 1. The van der Waals surface area contributed by atoms with Crippen LogP contribution in [0.3, 0.4) is 0 Å². The molecule has 1 unspecified atom stereocenters. The number of nitrogens with one attached hydrogen (secondary N) is 2. The Morgan fingerprint density at radius 3 is 2.69 bits per heavy atom. The Bertz CT molecular complexity index is 597. The van der Waals surface area contributed by atoms with Crippen molar-refractivity contribution in [3.63, 3.8) is 0 Å². The van der Waals surface area contributed by atoms with E-state index in [9.17, 15) is 4.79 Å². The van der Waals surface area contributed by atoms with Gasteiger partial charge in [-0.25, -0.2) is 9.79 Å². The number of benzene rings is 1. The van der Waals surface area contributed by atoms with Crippen LogP contribution in [0.4, 0.5) is 10.5 Å². The molecule has 0 aliphatic rings. The van der Waals surface area contributed by atoms with Gasteiger partial charge in [-0.15, -0.1) is 0 Å². The van der Waals surface area contributed by atoms with Crippen LogP contribution >= 0.6 is 0 Å². The van der Waals surface area contributed by atoms with Crippen molar-refractivity contribution in [3.8, 4) is 5.75 Å². The van der Waals surface area contributed by atoms with Gasteiger partial charge in [-0.2, -0.15) is 0 Å². The monoisotopic (exact) mass is 364 g/mol. The standard InChI is InChI=1S/C19H32N4O3/c1-6-7-9-15(13-21-18(24)26-19(2,3)4)23-17(20)22-14-10-8-11-16(12-14)25-5/h8,10-12,15H,6-7,9,13H2,1-5H3,(H,21,24)(H3,20,22,23). The summed E-state index contributed by atoms with van der Waals surface area (Å²) in [6.45, 7) is 7.97. The van der Waals surface area contributed by atoms with Crippen molar-refractivity contribution in [1.29, 1.82) is 0 Å². The zero-order valence-electron chi connectivity index (χ0n) is 16.5. The molecular formula is C19H32N4O3. The predicted octanol–water partition coefficient (Wildman–Crippen LogP) is 3.51. The lowest BCUT2D eigenvalue weighted by molar-refractivity contribution is 0.0524. The molecule has 1 aromatic rings. The van der Waals surface area contributed by atoms with Crippen LogP contribution in [0.2, 0.25) is 0 Å². The van der Waals surface area contributed by atoms with Crippen LogP contribution < -0.4 is 21.1 Å². The number of nitrogens with two attached hydrogens (primary N) is 1. The summed E-state index contributed by atoms with van der Waals surface area (Å²) >= 11 is 0. The number of carbonyl (C=O) groups excluding carboxylic acids is 1. The molecule has 0 fully saturated rings. The fourth-order valence-electron chi connectivity index (χ4n) is 2.25. The minimum Gasteiger partial charge on any atom is -0.497 e. The first-order valence-corrected chi connectivity index (χ1v) is 8.94. The van der Waals surface area contributed by atoms with Crippen LogP contribution in [-0.2, 0) is 4.74 Å². The predicted molar refractivity (Wildman–Crippen MR) is 106 cm³/mol. The SMILES string of the molecule is CCCCC(CNC(=O)OC(C)(C)C)N=C(N)Nc1cccc(OC)c1. The van der Waals surface area contributed by atoms with E-state index in [0.717, 1.165) is 30.7 Å². The summed E-state index contributed by atoms with van der Waals surface area (Å²) in [5.74, 6) is 1.03. The zero-order chi connectivity index (χ0) is 19.6. The van der Waals surface area contributed by atoms with Crippen molar-refractivity contribution in [1.82, 2.24) is 5.32 Å². The minimum absolute atomic E-state index is 0.124. The maximum atomic E-state index is 11.8. The lowest BCUT2D eigenvalue weighted by atomic mass is 10.1. The van der Waals surface area contributed by atoms with Crippen LogP contribution in [0.15, 0.2) is 29.3 Å². The van der Waals surface area contributed by atoms with Crippen molar-refractivity contribution < 1.29 is 14.3 Å². The normalized spacial score (nSPS) is 13.0. The van der Waals surface area contributed by atoms with Gasteiger partial charge in [-0.3, -0.25) is 0 Å². The molecule has 0 aliphatic heterocycles. The smallest absolute Gasteiger partial charge is 0.407 e. The summed E-state index contributed by atoms with van der Waals surface area (Å²) < 4.78 is 10.5. The van der Waals surface area contributed by atoms with Crippen molar-refractivity contribution in [3.05, 3.63) is 24.3 Å².